The first-order chi connectivity index (χ1) is 12.5. The zero-order valence-electron chi connectivity index (χ0n) is 14.3. The molecular formula is C19H19ClN2O4. The highest BCUT2D eigenvalue weighted by Gasteiger charge is 2.58. The molecule has 2 fully saturated rings. The van der Waals surface area contributed by atoms with Crippen LogP contribution in [0.5, 0.6) is 5.75 Å². The monoisotopic (exact) mass is 374 g/mol. The highest BCUT2D eigenvalue weighted by molar-refractivity contribution is 6.31. The Kier molecular flexibility index (Phi) is 4.23. The second kappa shape index (κ2) is 6.43. The Morgan fingerprint density at radius 2 is 1.88 bits per heavy atom. The van der Waals surface area contributed by atoms with E-state index in [9.17, 15) is 14.4 Å². The van der Waals surface area contributed by atoms with E-state index >= 15 is 0 Å². The molecule has 1 aliphatic heterocycles. The number of benzene rings is 1. The van der Waals surface area contributed by atoms with E-state index in [1.165, 1.54) is 18.1 Å². The Balaban J connectivity index is 1.38. The Morgan fingerprint density at radius 3 is 2.50 bits per heavy atom. The number of nitrogens with zero attached hydrogens (tertiary/aromatic N) is 1. The number of hydrogen-bond donors (Lipinski definition) is 1. The summed E-state index contributed by atoms with van der Waals surface area (Å²) < 4.78 is 5.17. The van der Waals surface area contributed by atoms with Crippen molar-refractivity contribution >= 4 is 29.3 Å². The van der Waals surface area contributed by atoms with Gasteiger partial charge in [-0.1, -0.05) is 23.8 Å². The maximum absolute atomic E-state index is 12.6. The minimum Gasteiger partial charge on any atom is -0.496 e. The number of hydrogen-bond acceptors (Lipinski definition) is 4. The molecular weight excluding hydrogens is 356 g/mol. The first kappa shape index (κ1) is 17.1. The molecule has 4 rings (SSSR count). The number of likely N-dealkylation sites (tertiary alicyclic amines) is 1. The Morgan fingerprint density at radius 1 is 1.23 bits per heavy atom. The van der Waals surface area contributed by atoms with Crippen molar-refractivity contribution in [1.29, 1.82) is 0 Å². The van der Waals surface area contributed by atoms with Crippen LogP contribution in [0.3, 0.4) is 0 Å². The van der Waals surface area contributed by atoms with E-state index in [0.717, 1.165) is 6.42 Å². The van der Waals surface area contributed by atoms with Gasteiger partial charge in [-0.25, -0.2) is 0 Å². The van der Waals surface area contributed by atoms with E-state index in [0.29, 0.717) is 16.3 Å². The Labute approximate surface area is 156 Å². The molecule has 0 unspecified atom stereocenters. The summed E-state index contributed by atoms with van der Waals surface area (Å²) in [5.74, 6) is -0.184. The van der Waals surface area contributed by atoms with Crippen LogP contribution in [0, 0.1) is 23.7 Å². The van der Waals surface area contributed by atoms with Gasteiger partial charge in [0.05, 0.1) is 24.5 Å². The van der Waals surface area contributed by atoms with E-state index in [1.54, 1.807) is 12.1 Å². The minimum atomic E-state index is -0.356. The van der Waals surface area contributed by atoms with E-state index in [4.69, 9.17) is 16.3 Å². The van der Waals surface area contributed by atoms with Crippen LogP contribution in [0.15, 0.2) is 30.4 Å². The summed E-state index contributed by atoms with van der Waals surface area (Å²) in [5, 5.41) is 3.16. The molecule has 1 heterocycles. The van der Waals surface area contributed by atoms with E-state index < -0.39 is 0 Å². The number of nitrogens with one attached hydrogen (secondary N) is 1. The summed E-state index contributed by atoms with van der Waals surface area (Å²) in [6.07, 6.45) is 5.04. The summed E-state index contributed by atoms with van der Waals surface area (Å²) in [4.78, 5) is 38.9. The van der Waals surface area contributed by atoms with Crippen molar-refractivity contribution in [2.75, 3.05) is 20.2 Å². The largest absolute Gasteiger partial charge is 0.496 e. The molecule has 0 radical (unpaired) electrons. The minimum absolute atomic E-state index is 0.105. The molecule has 26 heavy (non-hydrogen) atoms. The van der Waals surface area contributed by atoms with Gasteiger partial charge in [0.25, 0.3) is 5.91 Å². The fraction of sp³-hybridized carbons (Fsp3) is 0.421. The number of allylic oxidation sites excluding steroid dienone is 2. The molecule has 0 spiro atoms. The smallest absolute Gasteiger partial charge is 0.255 e. The lowest BCUT2D eigenvalue weighted by molar-refractivity contribution is -0.140. The SMILES string of the molecule is COc1ccc(Cl)cc1C(=O)NCCN1C(=O)[C@H]2[C@H](C1=O)[C@H]1C=C[C@H]2C1. The third kappa shape index (κ3) is 2.60. The zero-order valence-corrected chi connectivity index (χ0v) is 15.0. The fourth-order valence-corrected chi connectivity index (χ4v) is 4.59. The van der Waals surface area contributed by atoms with Crippen molar-refractivity contribution in [1.82, 2.24) is 10.2 Å². The first-order valence-corrected chi connectivity index (χ1v) is 9.04. The van der Waals surface area contributed by atoms with Crippen LogP contribution in [0.1, 0.15) is 16.8 Å². The second-order valence-electron chi connectivity index (χ2n) is 6.93. The summed E-state index contributed by atoms with van der Waals surface area (Å²) >= 11 is 5.94. The van der Waals surface area contributed by atoms with Gasteiger partial charge in [-0.05, 0) is 36.5 Å². The van der Waals surface area contributed by atoms with Crippen LogP contribution in [-0.4, -0.2) is 42.8 Å². The molecule has 0 aromatic heterocycles. The molecule has 1 saturated heterocycles. The van der Waals surface area contributed by atoms with Gasteiger partial charge in [0.2, 0.25) is 11.8 Å². The van der Waals surface area contributed by atoms with Crippen molar-refractivity contribution in [3.8, 4) is 5.75 Å². The van der Waals surface area contributed by atoms with E-state index in [-0.39, 0.29) is 54.5 Å². The summed E-state index contributed by atoms with van der Waals surface area (Å²) in [6.45, 7) is 0.368. The lowest BCUT2D eigenvalue weighted by Crippen LogP contribution is -2.39. The average molecular weight is 375 g/mol. The lowest BCUT2D eigenvalue weighted by atomic mass is 9.85. The molecule has 3 aliphatic rings. The standard InChI is InChI=1S/C19H19ClN2O4/c1-26-14-5-4-12(20)9-13(14)17(23)21-6-7-22-18(24)15-10-2-3-11(8-10)16(15)19(22)25/h2-5,9-11,15-16H,6-8H2,1H3,(H,21,23)/t10-,11-,15+,16+/m0/s1. The third-order valence-corrected chi connectivity index (χ3v) is 5.82. The molecule has 1 aromatic carbocycles. The highest BCUT2D eigenvalue weighted by Crippen LogP contribution is 2.52. The highest BCUT2D eigenvalue weighted by atomic mass is 35.5. The van der Waals surface area contributed by atoms with Crippen LogP contribution < -0.4 is 10.1 Å². The molecule has 4 atom stereocenters. The topological polar surface area (TPSA) is 75.7 Å². The number of methoxy groups -OCH3 is 1. The van der Waals surface area contributed by atoms with Crippen LogP contribution in [0.2, 0.25) is 5.02 Å². The number of carbonyl (C=O) groups is 3. The Bertz CT molecular complexity index is 792. The first-order valence-electron chi connectivity index (χ1n) is 8.66. The van der Waals surface area contributed by atoms with Crippen molar-refractivity contribution in [2.24, 2.45) is 23.7 Å². The molecule has 136 valence electrons. The number of amides is 3. The molecule has 6 nitrogen and oxygen atoms in total. The number of halogens is 1. The molecule has 7 heteroatoms. The summed E-state index contributed by atoms with van der Waals surface area (Å²) in [7, 11) is 1.47. The summed E-state index contributed by atoms with van der Waals surface area (Å²) in [6, 6.07) is 4.78. The van der Waals surface area contributed by atoms with Gasteiger partial charge >= 0.3 is 0 Å². The molecule has 3 amide bonds. The van der Waals surface area contributed by atoms with Crippen LogP contribution in [0.25, 0.3) is 0 Å². The van der Waals surface area contributed by atoms with Gasteiger partial charge in [0.15, 0.2) is 0 Å². The predicted molar refractivity (Wildman–Crippen MR) is 94.8 cm³/mol. The molecule has 2 bridgehead atoms. The normalized spacial score (nSPS) is 28.6. The number of imide groups is 1. The maximum atomic E-state index is 12.6. The van der Waals surface area contributed by atoms with Crippen molar-refractivity contribution in [3.05, 3.63) is 40.9 Å². The van der Waals surface area contributed by atoms with Gasteiger partial charge < -0.3 is 10.1 Å². The van der Waals surface area contributed by atoms with E-state index in [1.807, 2.05) is 0 Å². The third-order valence-electron chi connectivity index (χ3n) is 5.59. The number of carbonyl (C=O) groups excluding carboxylic acids is 3. The maximum Gasteiger partial charge on any atom is 0.255 e. The van der Waals surface area contributed by atoms with Crippen molar-refractivity contribution < 1.29 is 19.1 Å². The number of ether oxygens (including phenoxy) is 1. The average Bonchev–Trinajstić information content (AvgIpc) is 3.31. The van der Waals surface area contributed by atoms with Crippen LogP contribution in [0.4, 0.5) is 0 Å². The number of fused-ring (bicyclic) bond motifs is 5. The van der Waals surface area contributed by atoms with Gasteiger partial charge in [0.1, 0.15) is 5.75 Å². The molecule has 1 saturated carbocycles. The fourth-order valence-electron chi connectivity index (χ4n) is 4.42. The van der Waals surface area contributed by atoms with Crippen LogP contribution >= 0.6 is 11.6 Å². The van der Waals surface area contributed by atoms with Crippen LogP contribution in [-0.2, 0) is 9.59 Å². The van der Waals surface area contributed by atoms with Gasteiger partial charge in [-0.15, -0.1) is 0 Å². The lowest BCUT2D eigenvalue weighted by Gasteiger charge is -2.17. The Hall–Kier alpha value is -2.34. The molecule has 1 aromatic rings. The molecule has 1 N–H and O–H groups in total. The van der Waals surface area contributed by atoms with Crippen molar-refractivity contribution in [3.63, 3.8) is 0 Å². The van der Waals surface area contributed by atoms with E-state index in [2.05, 4.69) is 17.5 Å². The summed E-state index contributed by atoms with van der Waals surface area (Å²) in [5.41, 5.74) is 0.318. The van der Waals surface area contributed by atoms with Gasteiger partial charge in [-0.3, -0.25) is 19.3 Å². The molecule has 2 aliphatic carbocycles. The predicted octanol–water partition coefficient (Wildman–Crippen LogP) is 1.89. The zero-order chi connectivity index (χ0) is 18.4. The van der Waals surface area contributed by atoms with Crippen molar-refractivity contribution in [2.45, 2.75) is 6.42 Å². The number of rotatable bonds is 5. The second-order valence-corrected chi connectivity index (χ2v) is 7.36. The quantitative estimate of drug-likeness (QED) is 0.630. The van der Waals surface area contributed by atoms with Gasteiger partial charge in [0, 0.05) is 18.1 Å². The van der Waals surface area contributed by atoms with Gasteiger partial charge in [-0.2, -0.15) is 0 Å².